The van der Waals surface area contributed by atoms with Crippen LogP contribution in [0.2, 0.25) is 5.02 Å². The molecule has 2 aromatic rings. The van der Waals surface area contributed by atoms with Crippen molar-refractivity contribution < 1.29 is 14.3 Å². The average molecular weight is 398 g/mol. The molecule has 23 heavy (non-hydrogen) atoms. The molecule has 0 bridgehead atoms. The Kier molecular flexibility index (Phi) is 6.43. The van der Waals surface area contributed by atoms with Crippen LogP contribution < -0.4 is 14.9 Å². The second kappa shape index (κ2) is 8.55. The molecule has 120 valence electrons. The Balaban J connectivity index is 1.85. The molecule has 0 aliphatic heterocycles. The lowest BCUT2D eigenvalue weighted by Gasteiger charge is -2.08. The average Bonchev–Trinajstić information content (AvgIpc) is 2.55. The lowest BCUT2D eigenvalue weighted by molar-refractivity contribution is -0.123. The summed E-state index contributed by atoms with van der Waals surface area (Å²) in [6.07, 6.45) is 1.48. The van der Waals surface area contributed by atoms with E-state index in [9.17, 15) is 4.79 Å². The number of benzene rings is 2. The topological polar surface area (TPSA) is 59.9 Å². The molecule has 0 spiro atoms. The van der Waals surface area contributed by atoms with E-state index in [2.05, 4.69) is 26.5 Å². The number of methoxy groups -OCH3 is 1. The molecular weight excluding hydrogens is 384 g/mol. The summed E-state index contributed by atoms with van der Waals surface area (Å²) in [4.78, 5) is 11.7. The highest BCUT2D eigenvalue weighted by atomic mass is 79.9. The molecule has 0 radical (unpaired) electrons. The number of hydrogen-bond acceptors (Lipinski definition) is 4. The van der Waals surface area contributed by atoms with E-state index in [4.69, 9.17) is 21.1 Å². The van der Waals surface area contributed by atoms with E-state index < -0.39 is 0 Å². The summed E-state index contributed by atoms with van der Waals surface area (Å²) in [6, 6.07) is 12.4. The Bertz CT molecular complexity index is 722. The summed E-state index contributed by atoms with van der Waals surface area (Å²) >= 11 is 9.33. The molecular formula is C16H14BrClN2O3. The Labute approximate surface area is 147 Å². The normalized spacial score (nSPS) is 10.6. The van der Waals surface area contributed by atoms with E-state index >= 15 is 0 Å². The number of nitrogens with one attached hydrogen (secondary N) is 1. The van der Waals surface area contributed by atoms with Gasteiger partial charge in [-0.05, 0) is 40.2 Å². The van der Waals surface area contributed by atoms with Crippen LogP contribution in [0.3, 0.4) is 0 Å². The van der Waals surface area contributed by atoms with Crippen LogP contribution in [0.5, 0.6) is 11.5 Å². The first-order valence-electron chi connectivity index (χ1n) is 6.63. The molecule has 0 aliphatic carbocycles. The number of hydrazone groups is 1. The zero-order valence-electron chi connectivity index (χ0n) is 12.3. The molecule has 0 saturated heterocycles. The molecule has 0 fully saturated rings. The number of amides is 1. The number of halogens is 2. The van der Waals surface area contributed by atoms with Gasteiger partial charge in [0.1, 0.15) is 11.5 Å². The number of rotatable bonds is 6. The predicted octanol–water partition coefficient (Wildman–Crippen LogP) is 3.64. The molecule has 0 saturated carbocycles. The van der Waals surface area contributed by atoms with Crippen molar-refractivity contribution in [3.63, 3.8) is 0 Å². The fraction of sp³-hybridized carbons (Fsp3) is 0.125. The van der Waals surface area contributed by atoms with Crippen molar-refractivity contribution >= 4 is 39.7 Å². The van der Waals surface area contributed by atoms with Crippen LogP contribution in [0.4, 0.5) is 0 Å². The third-order valence-corrected chi connectivity index (χ3v) is 3.76. The summed E-state index contributed by atoms with van der Waals surface area (Å²) in [5.74, 6) is 0.852. The third kappa shape index (κ3) is 5.26. The maximum atomic E-state index is 11.7. The Hall–Kier alpha value is -2.05. The van der Waals surface area contributed by atoms with Crippen LogP contribution in [-0.4, -0.2) is 25.8 Å². The second-order valence-electron chi connectivity index (χ2n) is 4.40. The highest BCUT2D eigenvalue weighted by molar-refractivity contribution is 9.10. The van der Waals surface area contributed by atoms with Crippen molar-refractivity contribution in [2.75, 3.05) is 13.7 Å². The van der Waals surface area contributed by atoms with Gasteiger partial charge in [-0.2, -0.15) is 5.10 Å². The summed E-state index contributed by atoms with van der Waals surface area (Å²) in [5, 5.41) is 4.40. The van der Waals surface area contributed by atoms with Gasteiger partial charge in [-0.15, -0.1) is 0 Å². The van der Waals surface area contributed by atoms with E-state index in [0.717, 1.165) is 0 Å². The zero-order valence-corrected chi connectivity index (χ0v) is 14.6. The predicted molar refractivity (Wildman–Crippen MR) is 93.4 cm³/mol. The fourth-order valence-electron chi connectivity index (χ4n) is 1.65. The molecule has 1 N–H and O–H groups in total. The molecule has 0 heterocycles. The van der Waals surface area contributed by atoms with Crippen LogP contribution in [0.15, 0.2) is 52.0 Å². The minimum atomic E-state index is -0.379. The lowest BCUT2D eigenvalue weighted by Crippen LogP contribution is -2.24. The lowest BCUT2D eigenvalue weighted by atomic mass is 10.2. The van der Waals surface area contributed by atoms with Crippen LogP contribution in [0, 0.1) is 0 Å². The van der Waals surface area contributed by atoms with Gasteiger partial charge < -0.3 is 9.47 Å². The smallest absolute Gasteiger partial charge is 0.277 e. The van der Waals surface area contributed by atoms with Crippen molar-refractivity contribution in [1.29, 1.82) is 0 Å². The van der Waals surface area contributed by atoms with Gasteiger partial charge in [-0.25, -0.2) is 5.43 Å². The van der Waals surface area contributed by atoms with Crippen LogP contribution >= 0.6 is 27.5 Å². The SMILES string of the molecule is COc1ccc(OCC(=O)N/N=C\c2ccccc2Cl)c(Br)c1. The monoisotopic (exact) mass is 396 g/mol. The molecule has 0 aliphatic rings. The van der Waals surface area contributed by atoms with E-state index in [-0.39, 0.29) is 12.5 Å². The highest BCUT2D eigenvalue weighted by Crippen LogP contribution is 2.28. The van der Waals surface area contributed by atoms with Gasteiger partial charge in [0.2, 0.25) is 0 Å². The van der Waals surface area contributed by atoms with Crippen LogP contribution in [-0.2, 0) is 4.79 Å². The van der Waals surface area contributed by atoms with Gasteiger partial charge in [0.05, 0.1) is 17.8 Å². The van der Waals surface area contributed by atoms with Gasteiger partial charge in [-0.1, -0.05) is 29.8 Å². The molecule has 7 heteroatoms. The van der Waals surface area contributed by atoms with Crippen molar-refractivity contribution in [3.8, 4) is 11.5 Å². The Morgan fingerprint density at radius 1 is 1.35 bits per heavy atom. The summed E-state index contributed by atoms with van der Waals surface area (Å²) in [6.45, 7) is -0.162. The van der Waals surface area contributed by atoms with E-state index in [1.807, 2.05) is 12.1 Å². The molecule has 1 amide bonds. The summed E-state index contributed by atoms with van der Waals surface area (Å²) in [5.41, 5.74) is 3.09. The number of carbonyl (C=O) groups excluding carboxylic acids is 1. The van der Waals surface area contributed by atoms with Crippen molar-refractivity contribution in [1.82, 2.24) is 5.43 Å². The molecule has 0 unspecified atom stereocenters. The summed E-state index contributed by atoms with van der Waals surface area (Å²) < 4.78 is 11.2. The largest absolute Gasteiger partial charge is 0.497 e. The first-order chi connectivity index (χ1) is 11.1. The molecule has 5 nitrogen and oxygen atoms in total. The van der Waals surface area contributed by atoms with Gasteiger partial charge in [0, 0.05) is 10.6 Å². The fourth-order valence-corrected chi connectivity index (χ4v) is 2.31. The minimum absolute atomic E-state index is 0.162. The highest BCUT2D eigenvalue weighted by Gasteiger charge is 2.06. The zero-order chi connectivity index (χ0) is 16.7. The van der Waals surface area contributed by atoms with Gasteiger partial charge in [-0.3, -0.25) is 4.79 Å². The van der Waals surface area contributed by atoms with Crippen molar-refractivity contribution in [3.05, 3.63) is 57.5 Å². The second-order valence-corrected chi connectivity index (χ2v) is 5.66. The third-order valence-electron chi connectivity index (χ3n) is 2.80. The Morgan fingerprint density at radius 3 is 2.83 bits per heavy atom. The standard InChI is InChI=1S/C16H14BrClN2O3/c1-22-12-6-7-15(13(17)8-12)23-10-16(21)20-19-9-11-4-2-3-5-14(11)18/h2-9H,10H2,1H3,(H,20,21)/b19-9-. The number of hydrogen-bond donors (Lipinski definition) is 1. The van der Waals surface area contributed by atoms with E-state index in [0.29, 0.717) is 26.6 Å². The Morgan fingerprint density at radius 2 is 2.13 bits per heavy atom. The number of ether oxygens (including phenoxy) is 2. The number of carbonyl (C=O) groups is 1. The molecule has 0 aromatic heterocycles. The first kappa shape index (κ1) is 17.3. The maximum Gasteiger partial charge on any atom is 0.277 e. The summed E-state index contributed by atoms with van der Waals surface area (Å²) in [7, 11) is 1.58. The minimum Gasteiger partial charge on any atom is -0.497 e. The van der Waals surface area contributed by atoms with Crippen LogP contribution in [0.1, 0.15) is 5.56 Å². The van der Waals surface area contributed by atoms with Crippen molar-refractivity contribution in [2.24, 2.45) is 5.10 Å². The van der Waals surface area contributed by atoms with Gasteiger partial charge >= 0.3 is 0 Å². The van der Waals surface area contributed by atoms with Crippen molar-refractivity contribution in [2.45, 2.75) is 0 Å². The first-order valence-corrected chi connectivity index (χ1v) is 7.80. The molecule has 2 rings (SSSR count). The molecule has 2 aromatic carbocycles. The van der Waals surface area contributed by atoms with Crippen LogP contribution in [0.25, 0.3) is 0 Å². The quantitative estimate of drug-likeness (QED) is 0.598. The van der Waals surface area contributed by atoms with Gasteiger partial charge in [0.25, 0.3) is 5.91 Å². The van der Waals surface area contributed by atoms with Gasteiger partial charge in [0.15, 0.2) is 6.61 Å². The molecule has 0 atom stereocenters. The number of nitrogens with zero attached hydrogens (tertiary/aromatic N) is 1. The van der Waals surface area contributed by atoms with E-state index in [1.165, 1.54) is 6.21 Å². The maximum absolute atomic E-state index is 11.7. The van der Waals surface area contributed by atoms with E-state index in [1.54, 1.807) is 37.4 Å².